The second kappa shape index (κ2) is 9.03. The molecule has 0 fully saturated rings. The van der Waals surface area contributed by atoms with E-state index in [1.54, 1.807) is 33.5 Å². The minimum Gasteiger partial charge on any atom is -0.504 e. The van der Waals surface area contributed by atoms with E-state index >= 15 is 0 Å². The molecule has 0 aliphatic rings. The number of phenolic OH excluding ortho intramolecular Hbond substituents is 2. The Kier molecular flexibility index (Phi) is 6.77. The van der Waals surface area contributed by atoms with E-state index in [4.69, 9.17) is 14.2 Å². The molecule has 0 radical (unpaired) electrons. The van der Waals surface area contributed by atoms with E-state index in [2.05, 4.69) is 5.32 Å². The topological polar surface area (TPSA) is 80.2 Å². The molecule has 0 bridgehead atoms. The summed E-state index contributed by atoms with van der Waals surface area (Å²) in [4.78, 5) is 0. The zero-order valence-corrected chi connectivity index (χ0v) is 14.8. The molecule has 2 aromatic carbocycles. The lowest BCUT2D eigenvalue weighted by molar-refractivity contribution is 0.323. The molecule has 0 atom stereocenters. The van der Waals surface area contributed by atoms with Crippen molar-refractivity contribution in [1.29, 1.82) is 0 Å². The summed E-state index contributed by atoms with van der Waals surface area (Å²) in [6, 6.07) is 8.77. The van der Waals surface area contributed by atoms with Gasteiger partial charge in [-0.15, -0.1) is 0 Å². The van der Waals surface area contributed by atoms with Crippen LogP contribution in [0.1, 0.15) is 11.1 Å². The van der Waals surface area contributed by atoms with Crippen molar-refractivity contribution in [3.63, 3.8) is 0 Å². The number of ether oxygens (including phenoxy) is 3. The molecule has 0 aliphatic heterocycles. The molecule has 0 saturated carbocycles. The zero-order valence-electron chi connectivity index (χ0n) is 14.8. The summed E-state index contributed by atoms with van der Waals surface area (Å²) in [5.41, 5.74) is 2.06. The van der Waals surface area contributed by atoms with Gasteiger partial charge in [-0.3, -0.25) is 0 Å². The van der Waals surface area contributed by atoms with Crippen LogP contribution in [0.5, 0.6) is 28.7 Å². The quantitative estimate of drug-likeness (QED) is 0.478. The molecule has 6 nitrogen and oxygen atoms in total. The van der Waals surface area contributed by atoms with Crippen LogP contribution in [0.25, 0.3) is 0 Å². The number of nitrogens with one attached hydrogen (secondary N) is 1. The molecule has 6 heteroatoms. The molecule has 0 amide bonds. The highest BCUT2D eigenvalue weighted by atomic mass is 16.5. The molecule has 0 heterocycles. The first-order chi connectivity index (χ1) is 12.1. The van der Waals surface area contributed by atoms with Crippen molar-refractivity contribution in [2.24, 2.45) is 0 Å². The van der Waals surface area contributed by atoms with Crippen molar-refractivity contribution in [1.82, 2.24) is 5.32 Å². The van der Waals surface area contributed by atoms with Crippen LogP contribution < -0.4 is 19.5 Å². The zero-order chi connectivity index (χ0) is 18.2. The van der Waals surface area contributed by atoms with Crippen LogP contribution in [0.15, 0.2) is 30.3 Å². The van der Waals surface area contributed by atoms with Gasteiger partial charge in [0.25, 0.3) is 0 Å². The summed E-state index contributed by atoms with van der Waals surface area (Å²) in [6.45, 7) is 1.57. The lowest BCUT2D eigenvalue weighted by Gasteiger charge is -2.14. The molecule has 3 N–H and O–H groups in total. The van der Waals surface area contributed by atoms with Gasteiger partial charge in [0.2, 0.25) is 5.75 Å². The van der Waals surface area contributed by atoms with Crippen molar-refractivity contribution in [3.8, 4) is 28.7 Å². The Labute approximate surface area is 148 Å². The number of aromatic hydroxyl groups is 2. The van der Waals surface area contributed by atoms with Gasteiger partial charge in [-0.25, -0.2) is 0 Å². The highest BCUT2D eigenvalue weighted by molar-refractivity contribution is 5.53. The largest absolute Gasteiger partial charge is 0.504 e. The van der Waals surface area contributed by atoms with Crippen LogP contribution in [0.3, 0.4) is 0 Å². The number of phenols is 2. The second-order valence-corrected chi connectivity index (χ2v) is 5.61. The van der Waals surface area contributed by atoms with Gasteiger partial charge in [0, 0.05) is 0 Å². The molecular weight excluding hydrogens is 322 g/mol. The summed E-state index contributed by atoms with van der Waals surface area (Å²) < 4.78 is 16.0. The maximum absolute atomic E-state index is 9.49. The number of methoxy groups -OCH3 is 3. The molecule has 0 saturated heterocycles. The Balaban J connectivity index is 1.86. The van der Waals surface area contributed by atoms with Crippen LogP contribution in [-0.4, -0.2) is 44.6 Å². The molecule has 136 valence electrons. The normalized spacial score (nSPS) is 10.5. The van der Waals surface area contributed by atoms with E-state index < -0.39 is 0 Å². The van der Waals surface area contributed by atoms with Crippen molar-refractivity contribution in [3.05, 3.63) is 41.5 Å². The van der Waals surface area contributed by atoms with E-state index in [-0.39, 0.29) is 11.5 Å². The first kappa shape index (κ1) is 18.7. The average molecular weight is 347 g/mol. The molecular formula is C19H25NO5. The first-order valence-electron chi connectivity index (χ1n) is 8.09. The van der Waals surface area contributed by atoms with Crippen molar-refractivity contribution in [2.75, 3.05) is 34.4 Å². The average Bonchev–Trinajstić information content (AvgIpc) is 2.63. The van der Waals surface area contributed by atoms with E-state index in [1.165, 1.54) is 6.07 Å². The van der Waals surface area contributed by atoms with Gasteiger partial charge < -0.3 is 29.7 Å². The highest BCUT2D eigenvalue weighted by Gasteiger charge is 2.12. The van der Waals surface area contributed by atoms with Gasteiger partial charge in [-0.2, -0.15) is 0 Å². The highest BCUT2D eigenvalue weighted by Crippen LogP contribution is 2.38. The first-order valence-corrected chi connectivity index (χ1v) is 8.09. The molecule has 2 rings (SSSR count). The van der Waals surface area contributed by atoms with Gasteiger partial charge in [0.05, 0.1) is 21.3 Å². The van der Waals surface area contributed by atoms with Gasteiger partial charge in [0.1, 0.15) is 0 Å². The smallest absolute Gasteiger partial charge is 0.203 e. The fourth-order valence-corrected chi connectivity index (χ4v) is 2.59. The Morgan fingerprint density at radius 2 is 1.36 bits per heavy atom. The summed E-state index contributed by atoms with van der Waals surface area (Å²) in [5, 5.41) is 22.2. The monoisotopic (exact) mass is 347 g/mol. The molecule has 0 spiro atoms. The lowest BCUT2D eigenvalue weighted by Crippen LogP contribution is -2.20. The summed E-state index contributed by atoms with van der Waals surface area (Å²) in [6.07, 6.45) is 1.58. The van der Waals surface area contributed by atoms with Crippen LogP contribution in [0.4, 0.5) is 0 Å². The van der Waals surface area contributed by atoms with Crippen LogP contribution in [-0.2, 0) is 12.8 Å². The van der Waals surface area contributed by atoms with Crippen molar-refractivity contribution in [2.45, 2.75) is 12.8 Å². The maximum Gasteiger partial charge on any atom is 0.203 e. The third-order valence-corrected chi connectivity index (χ3v) is 3.95. The lowest BCUT2D eigenvalue weighted by atomic mass is 10.1. The molecule has 2 aromatic rings. The summed E-state index contributed by atoms with van der Waals surface area (Å²) in [7, 11) is 4.79. The van der Waals surface area contributed by atoms with Crippen LogP contribution in [0.2, 0.25) is 0 Å². The van der Waals surface area contributed by atoms with Crippen molar-refractivity contribution >= 4 is 0 Å². The Bertz CT molecular complexity index is 677. The number of rotatable bonds is 9. The Morgan fingerprint density at radius 3 is 1.88 bits per heavy atom. The van der Waals surface area contributed by atoms with E-state index in [0.717, 1.165) is 37.1 Å². The van der Waals surface area contributed by atoms with Crippen molar-refractivity contribution < 1.29 is 24.4 Å². The molecule has 0 unspecified atom stereocenters. The van der Waals surface area contributed by atoms with Crippen LogP contribution in [0, 0.1) is 0 Å². The Hall–Kier alpha value is -2.60. The third-order valence-electron chi connectivity index (χ3n) is 3.95. The predicted molar refractivity (Wildman–Crippen MR) is 96.1 cm³/mol. The molecule has 0 aliphatic carbocycles. The second-order valence-electron chi connectivity index (χ2n) is 5.61. The minimum atomic E-state index is -0.0980. The number of hydrogen-bond donors (Lipinski definition) is 3. The minimum absolute atomic E-state index is 0.0880. The van der Waals surface area contributed by atoms with Gasteiger partial charge in [0.15, 0.2) is 23.0 Å². The van der Waals surface area contributed by atoms with Crippen LogP contribution >= 0.6 is 0 Å². The van der Waals surface area contributed by atoms with E-state index in [0.29, 0.717) is 17.2 Å². The standard InChI is InChI=1S/C19H25NO5/c1-23-17-11-14(12-18(24-2)19(17)25-3)7-9-20-8-6-13-4-5-15(21)16(22)10-13/h4-5,10-12,20-22H,6-9H2,1-3H3. The fraction of sp³-hybridized carbons (Fsp3) is 0.368. The molecule has 25 heavy (non-hydrogen) atoms. The summed E-state index contributed by atoms with van der Waals surface area (Å²) in [5.74, 6) is 1.70. The van der Waals surface area contributed by atoms with Gasteiger partial charge in [-0.05, 0) is 61.3 Å². The predicted octanol–water partition coefficient (Wildman–Crippen LogP) is 2.50. The van der Waals surface area contributed by atoms with E-state index in [9.17, 15) is 10.2 Å². The van der Waals surface area contributed by atoms with Gasteiger partial charge in [-0.1, -0.05) is 6.07 Å². The Morgan fingerprint density at radius 1 is 0.760 bits per heavy atom. The van der Waals surface area contributed by atoms with Gasteiger partial charge >= 0.3 is 0 Å². The maximum atomic E-state index is 9.49. The third kappa shape index (κ3) is 4.93. The fourth-order valence-electron chi connectivity index (χ4n) is 2.59. The van der Waals surface area contributed by atoms with E-state index in [1.807, 2.05) is 12.1 Å². The number of benzene rings is 2. The SMILES string of the molecule is COc1cc(CCNCCc2ccc(O)c(O)c2)cc(OC)c1OC. The molecule has 0 aromatic heterocycles. The number of hydrogen-bond acceptors (Lipinski definition) is 6. The summed E-state index contributed by atoms with van der Waals surface area (Å²) >= 11 is 0.